The predicted molar refractivity (Wildman–Crippen MR) is 53.5 cm³/mol. The quantitative estimate of drug-likeness (QED) is 0.322. The maximum absolute atomic E-state index is 11.0. The zero-order valence-corrected chi connectivity index (χ0v) is 8.86. The monoisotopic (exact) mass is 205 g/mol. The average molecular weight is 206 g/mol. The lowest BCUT2D eigenvalue weighted by Gasteiger charge is -2.04. The van der Waals surface area contributed by atoms with Crippen molar-refractivity contribution in [1.29, 1.82) is 0 Å². The Hall–Kier alpha value is -0.700. The van der Waals surface area contributed by atoms with Gasteiger partial charge in [-0.15, -0.1) is 11.6 Å². The first kappa shape index (κ1) is 12.3. The summed E-state index contributed by atoms with van der Waals surface area (Å²) in [5.41, 5.74) is 6.76. The number of carbonyl (C=O) groups is 1. The number of carbonyl (C=O) groups excluding carboxylic acids is 1. The first-order chi connectivity index (χ1) is 6.13. The van der Waals surface area contributed by atoms with E-state index < -0.39 is 0 Å². The van der Waals surface area contributed by atoms with Crippen molar-refractivity contribution >= 4 is 17.6 Å². The minimum Gasteiger partial charge on any atom is -0.466 e. The fourth-order valence-electron chi connectivity index (χ4n) is 0.882. The van der Waals surface area contributed by atoms with Crippen LogP contribution in [0.5, 0.6) is 0 Å². The molecule has 0 atom stereocenters. The van der Waals surface area contributed by atoms with Crippen molar-refractivity contribution in [3.05, 3.63) is 11.3 Å². The van der Waals surface area contributed by atoms with Crippen LogP contribution in [0.1, 0.15) is 26.2 Å². The van der Waals surface area contributed by atoms with Crippen LogP contribution in [0, 0.1) is 0 Å². The second kappa shape index (κ2) is 6.78. The Bertz CT molecular complexity index is 202. The summed E-state index contributed by atoms with van der Waals surface area (Å²) >= 11 is 5.51. The lowest BCUT2D eigenvalue weighted by atomic mass is 10.1. The molecule has 0 bridgehead atoms. The molecule has 0 fully saturated rings. The number of unbranched alkanes of at least 4 members (excludes halogenated alkanes) is 1. The number of alkyl halides is 1. The van der Waals surface area contributed by atoms with E-state index in [2.05, 4.69) is 4.74 Å². The van der Waals surface area contributed by atoms with E-state index >= 15 is 0 Å². The minimum atomic E-state index is -0.358. The van der Waals surface area contributed by atoms with Gasteiger partial charge in [0.05, 0.1) is 12.7 Å². The van der Waals surface area contributed by atoms with E-state index in [-0.39, 0.29) is 5.97 Å². The Balaban J connectivity index is 4.03. The van der Waals surface area contributed by atoms with Crippen LogP contribution in [-0.2, 0) is 9.53 Å². The van der Waals surface area contributed by atoms with E-state index in [4.69, 9.17) is 17.3 Å². The van der Waals surface area contributed by atoms with E-state index in [0.29, 0.717) is 23.6 Å². The van der Waals surface area contributed by atoms with Crippen LogP contribution in [0.3, 0.4) is 0 Å². The molecule has 0 aliphatic heterocycles. The molecule has 0 radical (unpaired) electrons. The van der Waals surface area contributed by atoms with Gasteiger partial charge >= 0.3 is 5.97 Å². The summed E-state index contributed by atoms with van der Waals surface area (Å²) in [6.07, 6.45) is 2.52. The zero-order valence-electron chi connectivity index (χ0n) is 8.10. The van der Waals surface area contributed by atoms with Crippen molar-refractivity contribution in [3.63, 3.8) is 0 Å². The number of halogens is 1. The maximum Gasteiger partial charge on any atom is 0.335 e. The lowest BCUT2D eigenvalue weighted by molar-refractivity contribution is -0.136. The normalized spacial score (nSPS) is 12.2. The van der Waals surface area contributed by atoms with Gasteiger partial charge in [-0.05, 0) is 26.2 Å². The standard InChI is InChI=1S/C9H16ClNO2/c1-7(9(12)13-2)8(11)5-3-4-6-10/h3-6,11H2,1-2H3. The predicted octanol–water partition coefficient (Wildman–Crippen LogP) is 1.80. The van der Waals surface area contributed by atoms with Crippen molar-refractivity contribution < 1.29 is 9.53 Å². The van der Waals surface area contributed by atoms with E-state index in [1.807, 2.05) is 0 Å². The second-order valence-electron chi connectivity index (χ2n) is 2.79. The highest BCUT2D eigenvalue weighted by atomic mass is 35.5. The SMILES string of the molecule is COC(=O)C(C)=C(N)CCCCCl. The Kier molecular flexibility index (Phi) is 6.41. The van der Waals surface area contributed by atoms with Crippen LogP contribution in [-0.4, -0.2) is 19.0 Å². The minimum absolute atomic E-state index is 0.358. The van der Waals surface area contributed by atoms with Gasteiger partial charge in [0.2, 0.25) is 0 Å². The lowest BCUT2D eigenvalue weighted by Crippen LogP contribution is -2.10. The number of esters is 1. The van der Waals surface area contributed by atoms with Crippen molar-refractivity contribution in [3.8, 4) is 0 Å². The molecule has 0 saturated carbocycles. The fourth-order valence-corrected chi connectivity index (χ4v) is 1.07. The Morgan fingerprint density at radius 3 is 2.54 bits per heavy atom. The number of rotatable bonds is 5. The third kappa shape index (κ3) is 4.78. The van der Waals surface area contributed by atoms with Crippen LogP contribution in [0.4, 0.5) is 0 Å². The van der Waals surface area contributed by atoms with Crippen molar-refractivity contribution in [2.45, 2.75) is 26.2 Å². The maximum atomic E-state index is 11.0. The second-order valence-corrected chi connectivity index (χ2v) is 3.17. The molecule has 3 nitrogen and oxygen atoms in total. The topological polar surface area (TPSA) is 52.3 Å². The van der Waals surface area contributed by atoms with Gasteiger partial charge in [-0.3, -0.25) is 0 Å². The van der Waals surface area contributed by atoms with Gasteiger partial charge in [0.25, 0.3) is 0 Å². The third-order valence-electron chi connectivity index (χ3n) is 1.80. The molecule has 0 amide bonds. The summed E-state index contributed by atoms with van der Waals surface area (Å²) < 4.78 is 4.54. The average Bonchev–Trinajstić information content (AvgIpc) is 2.15. The van der Waals surface area contributed by atoms with Crippen LogP contribution >= 0.6 is 11.6 Å². The molecular weight excluding hydrogens is 190 g/mol. The Morgan fingerprint density at radius 2 is 2.08 bits per heavy atom. The van der Waals surface area contributed by atoms with E-state index in [0.717, 1.165) is 12.8 Å². The molecule has 0 unspecified atom stereocenters. The molecule has 13 heavy (non-hydrogen) atoms. The van der Waals surface area contributed by atoms with Gasteiger partial charge in [0, 0.05) is 11.6 Å². The summed E-state index contributed by atoms with van der Waals surface area (Å²) in [6, 6.07) is 0. The number of allylic oxidation sites excluding steroid dienone is 1. The van der Waals surface area contributed by atoms with Gasteiger partial charge in [0.15, 0.2) is 0 Å². The molecule has 0 spiro atoms. The molecular formula is C9H16ClNO2. The molecule has 0 rings (SSSR count). The van der Waals surface area contributed by atoms with Gasteiger partial charge in [-0.1, -0.05) is 0 Å². The highest BCUT2D eigenvalue weighted by molar-refractivity contribution is 6.17. The summed E-state index contributed by atoms with van der Waals surface area (Å²) in [6.45, 7) is 1.67. The zero-order chi connectivity index (χ0) is 10.3. The molecule has 0 heterocycles. The summed E-state index contributed by atoms with van der Waals surface area (Å²) in [5, 5.41) is 0. The number of hydrogen-bond donors (Lipinski definition) is 1. The number of ether oxygens (including phenoxy) is 1. The third-order valence-corrected chi connectivity index (χ3v) is 2.07. The van der Waals surface area contributed by atoms with Crippen LogP contribution in [0.2, 0.25) is 0 Å². The van der Waals surface area contributed by atoms with Crippen molar-refractivity contribution in [2.75, 3.05) is 13.0 Å². The molecule has 0 aromatic carbocycles. The molecule has 0 aliphatic carbocycles. The first-order valence-corrected chi connectivity index (χ1v) is 4.76. The van der Waals surface area contributed by atoms with Crippen LogP contribution < -0.4 is 5.73 Å². The summed E-state index contributed by atoms with van der Waals surface area (Å²) in [4.78, 5) is 11.0. The van der Waals surface area contributed by atoms with Crippen LogP contribution in [0.25, 0.3) is 0 Å². The molecule has 0 aliphatic rings. The smallest absolute Gasteiger partial charge is 0.335 e. The summed E-state index contributed by atoms with van der Waals surface area (Å²) in [7, 11) is 1.35. The molecule has 0 saturated heterocycles. The number of methoxy groups -OCH3 is 1. The molecule has 0 aromatic rings. The van der Waals surface area contributed by atoms with E-state index in [9.17, 15) is 4.79 Å². The number of hydrogen-bond acceptors (Lipinski definition) is 3. The largest absolute Gasteiger partial charge is 0.466 e. The molecule has 0 aromatic heterocycles. The summed E-state index contributed by atoms with van der Waals surface area (Å²) in [5.74, 6) is 0.272. The van der Waals surface area contributed by atoms with Crippen molar-refractivity contribution in [1.82, 2.24) is 0 Å². The Labute approximate surface area is 83.9 Å². The van der Waals surface area contributed by atoms with E-state index in [1.165, 1.54) is 7.11 Å². The first-order valence-electron chi connectivity index (χ1n) is 4.23. The van der Waals surface area contributed by atoms with Gasteiger partial charge in [0.1, 0.15) is 0 Å². The van der Waals surface area contributed by atoms with Gasteiger partial charge < -0.3 is 10.5 Å². The van der Waals surface area contributed by atoms with Gasteiger partial charge in [-0.2, -0.15) is 0 Å². The highest BCUT2D eigenvalue weighted by Crippen LogP contribution is 2.08. The molecule has 4 heteroatoms. The fraction of sp³-hybridized carbons (Fsp3) is 0.667. The van der Waals surface area contributed by atoms with Crippen LogP contribution in [0.15, 0.2) is 11.3 Å². The van der Waals surface area contributed by atoms with Gasteiger partial charge in [-0.25, -0.2) is 4.79 Å². The number of nitrogens with two attached hydrogens (primary N) is 1. The van der Waals surface area contributed by atoms with E-state index in [1.54, 1.807) is 6.92 Å². The molecule has 76 valence electrons. The Morgan fingerprint density at radius 1 is 1.46 bits per heavy atom. The molecule has 2 N–H and O–H groups in total. The van der Waals surface area contributed by atoms with Crippen molar-refractivity contribution in [2.24, 2.45) is 5.73 Å². The highest BCUT2D eigenvalue weighted by Gasteiger charge is 2.07.